The Hall–Kier alpha value is -3.37. The number of esters is 1. The number of nitrogens with zero attached hydrogens (tertiary/aromatic N) is 3. The molecule has 7 heteroatoms. The largest absolute Gasteiger partial charge is 0.453 e. The van der Waals surface area contributed by atoms with E-state index in [9.17, 15) is 14.9 Å². The van der Waals surface area contributed by atoms with Crippen LogP contribution in [0.3, 0.4) is 0 Å². The van der Waals surface area contributed by atoms with Crippen molar-refractivity contribution in [3.8, 4) is 6.07 Å². The maximum Gasteiger partial charge on any atom is 0.349 e. The molecule has 1 aromatic heterocycles. The number of Topliss-reactive ketones (excluding diaryl/α,β-unsaturated/α-hetero) is 1. The maximum absolute atomic E-state index is 12.7. The van der Waals surface area contributed by atoms with Crippen LogP contribution < -0.4 is 4.90 Å². The summed E-state index contributed by atoms with van der Waals surface area (Å²) in [7, 11) is 3.86. The molecule has 1 atom stereocenters. The van der Waals surface area contributed by atoms with Gasteiger partial charge in [0.2, 0.25) is 5.78 Å². The summed E-state index contributed by atoms with van der Waals surface area (Å²) in [6, 6.07) is 11.1. The van der Waals surface area contributed by atoms with Gasteiger partial charge in [0, 0.05) is 49.9 Å². The average molecular weight is 436 g/mol. The number of ether oxygens (including phenoxy) is 2. The van der Waals surface area contributed by atoms with Crippen LogP contribution in [-0.4, -0.2) is 49.7 Å². The van der Waals surface area contributed by atoms with Crippen LogP contribution in [0.4, 0.5) is 5.69 Å². The van der Waals surface area contributed by atoms with E-state index in [0.717, 1.165) is 36.5 Å². The highest BCUT2D eigenvalue weighted by Gasteiger charge is 2.22. The number of hydrogen-bond donors (Lipinski definition) is 0. The highest BCUT2D eigenvalue weighted by molar-refractivity contribution is 6.02. The number of rotatable bonds is 8. The first-order valence-corrected chi connectivity index (χ1v) is 10.7. The first-order chi connectivity index (χ1) is 15.3. The van der Waals surface area contributed by atoms with Gasteiger partial charge in [-0.3, -0.25) is 4.79 Å². The van der Waals surface area contributed by atoms with E-state index in [2.05, 4.69) is 4.57 Å². The zero-order valence-corrected chi connectivity index (χ0v) is 19.1. The number of carbonyl (C=O) groups excluding carboxylic acids is 2. The molecule has 1 fully saturated rings. The van der Waals surface area contributed by atoms with Crippen molar-refractivity contribution in [3.05, 3.63) is 58.4 Å². The molecule has 1 aromatic carbocycles. The SMILES string of the molecule is Cc1cc(C(=O)COC(=O)/C(C#N)=C/c2ccc(N(C)C)cc2)c(C)n1C[C@H]1CCCO1. The lowest BCUT2D eigenvalue weighted by atomic mass is 10.1. The van der Waals surface area contributed by atoms with Crippen molar-refractivity contribution in [1.82, 2.24) is 4.57 Å². The normalized spacial score (nSPS) is 16.0. The molecule has 32 heavy (non-hydrogen) atoms. The molecule has 168 valence electrons. The van der Waals surface area contributed by atoms with Crippen LogP contribution in [0.25, 0.3) is 6.08 Å². The number of aromatic nitrogens is 1. The molecule has 0 spiro atoms. The molecule has 1 aliphatic rings. The van der Waals surface area contributed by atoms with Crippen molar-refractivity contribution >= 4 is 23.5 Å². The minimum atomic E-state index is -0.814. The third-order valence-electron chi connectivity index (χ3n) is 5.68. The van der Waals surface area contributed by atoms with E-state index in [-0.39, 0.29) is 17.5 Å². The van der Waals surface area contributed by atoms with Gasteiger partial charge in [0.05, 0.1) is 6.10 Å². The molecule has 1 saturated heterocycles. The van der Waals surface area contributed by atoms with E-state index >= 15 is 0 Å². The Morgan fingerprint density at radius 3 is 2.59 bits per heavy atom. The fourth-order valence-corrected chi connectivity index (χ4v) is 3.82. The van der Waals surface area contributed by atoms with Gasteiger partial charge < -0.3 is 18.9 Å². The van der Waals surface area contributed by atoms with Crippen molar-refractivity contribution < 1.29 is 19.1 Å². The number of anilines is 1. The molecule has 0 aliphatic carbocycles. The van der Waals surface area contributed by atoms with E-state index in [1.54, 1.807) is 0 Å². The number of benzene rings is 1. The molecule has 0 saturated carbocycles. The summed E-state index contributed by atoms with van der Waals surface area (Å²) in [4.78, 5) is 27.1. The van der Waals surface area contributed by atoms with Gasteiger partial charge in [-0.1, -0.05) is 12.1 Å². The van der Waals surface area contributed by atoms with Crippen molar-refractivity contribution in [3.63, 3.8) is 0 Å². The fraction of sp³-hybridized carbons (Fsp3) is 0.400. The van der Waals surface area contributed by atoms with Gasteiger partial charge in [-0.25, -0.2) is 4.79 Å². The summed E-state index contributed by atoms with van der Waals surface area (Å²) in [5.74, 6) is -1.11. The molecule has 2 heterocycles. The van der Waals surface area contributed by atoms with Crippen molar-refractivity contribution in [2.24, 2.45) is 0 Å². The van der Waals surface area contributed by atoms with Gasteiger partial charge in [0.1, 0.15) is 11.6 Å². The average Bonchev–Trinajstić information content (AvgIpc) is 3.39. The molecule has 1 aliphatic heterocycles. The zero-order valence-electron chi connectivity index (χ0n) is 19.1. The van der Waals surface area contributed by atoms with Gasteiger partial charge in [-0.05, 0) is 56.5 Å². The molecule has 3 rings (SSSR count). The second-order valence-electron chi connectivity index (χ2n) is 8.19. The topological polar surface area (TPSA) is 84.6 Å². The highest BCUT2D eigenvalue weighted by atomic mass is 16.5. The highest BCUT2D eigenvalue weighted by Crippen LogP contribution is 2.21. The number of aryl methyl sites for hydroxylation is 1. The van der Waals surface area contributed by atoms with Gasteiger partial charge >= 0.3 is 5.97 Å². The van der Waals surface area contributed by atoms with Crippen LogP contribution in [0.2, 0.25) is 0 Å². The van der Waals surface area contributed by atoms with Crippen LogP contribution >= 0.6 is 0 Å². The Kier molecular flexibility index (Phi) is 7.49. The van der Waals surface area contributed by atoms with Crippen LogP contribution in [0, 0.1) is 25.2 Å². The first kappa shape index (κ1) is 23.3. The van der Waals surface area contributed by atoms with Crippen LogP contribution in [0.1, 0.15) is 40.2 Å². The summed E-state index contributed by atoms with van der Waals surface area (Å²) < 4.78 is 12.9. The molecule has 2 aromatic rings. The molecule has 0 radical (unpaired) electrons. The lowest BCUT2D eigenvalue weighted by Crippen LogP contribution is -2.18. The van der Waals surface area contributed by atoms with Gasteiger partial charge in [-0.2, -0.15) is 5.26 Å². The van der Waals surface area contributed by atoms with Crippen molar-refractivity contribution in [1.29, 1.82) is 5.26 Å². The number of nitriles is 1. The monoisotopic (exact) mass is 435 g/mol. The molecular weight excluding hydrogens is 406 g/mol. The maximum atomic E-state index is 12.7. The summed E-state index contributed by atoms with van der Waals surface area (Å²) in [6.07, 6.45) is 3.69. The molecule has 7 nitrogen and oxygen atoms in total. The van der Waals surface area contributed by atoms with Gasteiger partial charge in [0.25, 0.3) is 0 Å². The number of ketones is 1. The number of hydrogen-bond acceptors (Lipinski definition) is 6. The fourth-order valence-electron chi connectivity index (χ4n) is 3.82. The zero-order chi connectivity index (χ0) is 23.3. The molecular formula is C25H29N3O4. The molecule has 0 bridgehead atoms. The van der Waals surface area contributed by atoms with Gasteiger partial charge in [0.15, 0.2) is 6.61 Å². The predicted octanol–water partition coefficient (Wildman–Crippen LogP) is 3.68. The van der Waals surface area contributed by atoms with Crippen LogP contribution in [0.5, 0.6) is 0 Å². The van der Waals surface area contributed by atoms with Crippen molar-refractivity contribution in [2.75, 3.05) is 32.2 Å². The molecule has 0 unspecified atom stereocenters. The predicted molar refractivity (Wildman–Crippen MR) is 123 cm³/mol. The Morgan fingerprint density at radius 2 is 2.00 bits per heavy atom. The first-order valence-electron chi connectivity index (χ1n) is 10.7. The quantitative estimate of drug-likeness (QED) is 0.272. The summed E-state index contributed by atoms with van der Waals surface area (Å²) >= 11 is 0. The van der Waals surface area contributed by atoms with Crippen LogP contribution in [0.15, 0.2) is 35.9 Å². The second kappa shape index (κ2) is 10.3. The smallest absolute Gasteiger partial charge is 0.349 e. The van der Waals surface area contributed by atoms with E-state index in [4.69, 9.17) is 9.47 Å². The van der Waals surface area contributed by atoms with E-state index < -0.39 is 12.6 Å². The van der Waals surface area contributed by atoms with Gasteiger partial charge in [-0.15, -0.1) is 0 Å². The Labute approximate surface area is 188 Å². The molecule has 0 amide bonds. The van der Waals surface area contributed by atoms with E-state index in [1.807, 2.05) is 69.2 Å². The lowest BCUT2D eigenvalue weighted by Gasteiger charge is -2.14. The molecule has 0 N–H and O–H groups in total. The van der Waals surface area contributed by atoms with Crippen LogP contribution in [-0.2, 0) is 20.8 Å². The Morgan fingerprint density at radius 1 is 1.28 bits per heavy atom. The minimum absolute atomic E-state index is 0.153. The summed E-state index contributed by atoms with van der Waals surface area (Å²) in [5.41, 5.74) is 3.87. The standard InChI is InChI=1S/C25H29N3O4/c1-17-12-23(18(2)28(17)15-22-6-5-11-31-22)24(29)16-32-25(30)20(14-26)13-19-7-9-21(10-8-19)27(3)4/h7-10,12-13,22H,5-6,11,15-16H2,1-4H3/b20-13+/t22-/m1/s1. The summed E-state index contributed by atoms with van der Waals surface area (Å²) in [5, 5.41) is 9.37. The Balaban J connectivity index is 1.64. The minimum Gasteiger partial charge on any atom is -0.453 e. The van der Waals surface area contributed by atoms with E-state index in [0.29, 0.717) is 17.7 Å². The lowest BCUT2D eigenvalue weighted by molar-refractivity contribution is -0.137. The van der Waals surface area contributed by atoms with E-state index in [1.165, 1.54) is 6.08 Å². The van der Waals surface area contributed by atoms with Crippen molar-refractivity contribution in [2.45, 2.75) is 39.3 Å². The number of carbonyl (C=O) groups is 2. The second-order valence-corrected chi connectivity index (χ2v) is 8.19. The Bertz CT molecular complexity index is 1050. The third kappa shape index (κ3) is 5.45. The third-order valence-corrected chi connectivity index (χ3v) is 5.68. The summed E-state index contributed by atoms with van der Waals surface area (Å²) in [6.45, 7) is 4.90.